The van der Waals surface area contributed by atoms with Gasteiger partial charge in [0.1, 0.15) is 0 Å². The number of nitrogens with two attached hydrogens (primary N) is 1. The third-order valence-corrected chi connectivity index (χ3v) is 4.17. The number of benzene rings is 2. The maximum Gasteiger partial charge on any atom is 0.161 e. The predicted octanol–water partition coefficient (Wildman–Crippen LogP) is 3.40. The van der Waals surface area contributed by atoms with Crippen molar-refractivity contribution in [1.29, 1.82) is 0 Å². The number of hydrogen-bond donors (Lipinski definition) is 1. The SMILES string of the molecule is CCOc1cc(CC(CN)c2ccc(OC)c(OC)c2)ccc1OC. The van der Waals surface area contributed by atoms with Crippen LogP contribution in [0.2, 0.25) is 0 Å². The second-order valence-electron chi connectivity index (χ2n) is 5.67. The Morgan fingerprint density at radius 3 is 2.08 bits per heavy atom. The molecule has 2 aromatic rings. The molecular formula is C20H27NO4. The number of hydrogen-bond acceptors (Lipinski definition) is 5. The monoisotopic (exact) mass is 345 g/mol. The lowest BCUT2D eigenvalue weighted by Crippen LogP contribution is -2.15. The largest absolute Gasteiger partial charge is 0.493 e. The first-order chi connectivity index (χ1) is 12.2. The van der Waals surface area contributed by atoms with Crippen LogP contribution in [0.5, 0.6) is 23.0 Å². The zero-order valence-electron chi connectivity index (χ0n) is 15.4. The van der Waals surface area contributed by atoms with Gasteiger partial charge < -0.3 is 24.7 Å². The summed E-state index contributed by atoms with van der Waals surface area (Å²) in [5, 5.41) is 0. The minimum absolute atomic E-state index is 0.169. The fourth-order valence-electron chi connectivity index (χ4n) is 2.84. The second kappa shape index (κ2) is 9.18. The Kier molecular flexibility index (Phi) is 6.95. The highest BCUT2D eigenvalue weighted by molar-refractivity contribution is 5.46. The molecule has 0 radical (unpaired) electrons. The van der Waals surface area contributed by atoms with E-state index in [4.69, 9.17) is 24.7 Å². The van der Waals surface area contributed by atoms with Crippen LogP contribution in [-0.4, -0.2) is 34.5 Å². The fraction of sp³-hybridized carbons (Fsp3) is 0.400. The van der Waals surface area contributed by atoms with E-state index in [9.17, 15) is 0 Å². The van der Waals surface area contributed by atoms with Gasteiger partial charge in [0.15, 0.2) is 23.0 Å². The molecule has 0 aliphatic rings. The van der Waals surface area contributed by atoms with Gasteiger partial charge in [-0.05, 0) is 55.3 Å². The normalized spacial score (nSPS) is 11.7. The molecule has 2 aromatic carbocycles. The lowest BCUT2D eigenvalue weighted by Gasteiger charge is -2.18. The Morgan fingerprint density at radius 2 is 1.48 bits per heavy atom. The summed E-state index contributed by atoms with van der Waals surface area (Å²) in [7, 11) is 4.91. The van der Waals surface area contributed by atoms with Crippen molar-refractivity contribution in [3.63, 3.8) is 0 Å². The van der Waals surface area contributed by atoms with Gasteiger partial charge in [0.25, 0.3) is 0 Å². The molecule has 1 atom stereocenters. The third kappa shape index (κ3) is 4.57. The Bertz CT molecular complexity index is 687. The molecule has 0 fully saturated rings. The molecule has 0 saturated carbocycles. The summed E-state index contributed by atoms with van der Waals surface area (Å²) in [5.41, 5.74) is 8.31. The lowest BCUT2D eigenvalue weighted by atomic mass is 9.91. The molecule has 5 nitrogen and oxygen atoms in total. The molecule has 0 amide bonds. The molecule has 0 heterocycles. The van der Waals surface area contributed by atoms with Gasteiger partial charge in [0.05, 0.1) is 27.9 Å². The summed E-state index contributed by atoms with van der Waals surface area (Å²) >= 11 is 0. The molecule has 25 heavy (non-hydrogen) atoms. The molecule has 0 saturated heterocycles. The van der Waals surface area contributed by atoms with Gasteiger partial charge >= 0.3 is 0 Å². The summed E-state index contributed by atoms with van der Waals surface area (Å²) in [5.74, 6) is 3.09. The molecule has 2 rings (SSSR count). The Labute approximate surface area is 149 Å². The third-order valence-electron chi connectivity index (χ3n) is 4.17. The van der Waals surface area contributed by atoms with Gasteiger partial charge in [0.2, 0.25) is 0 Å². The predicted molar refractivity (Wildman–Crippen MR) is 99.2 cm³/mol. The van der Waals surface area contributed by atoms with Gasteiger partial charge in [-0.3, -0.25) is 0 Å². The molecular weight excluding hydrogens is 318 g/mol. The minimum atomic E-state index is 0.169. The molecule has 0 spiro atoms. The molecule has 5 heteroatoms. The van der Waals surface area contributed by atoms with Crippen LogP contribution < -0.4 is 24.7 Å². The standard InChI is InChI=1S/C20H27NO4/c1-5-25-20-11-14(6-8-18(20)23-3)10-16(13-21)15-7-9-17(22-2)19(12-15)24-4/h6-9,11-12,16H,5,10,13,21H2,1-4H3. The van der Waals surface area contributed by atoms with Crippen molar-refractivity contribution in [3.8, 4) is 23.0 Å². The number of ether oxygens (including phenoxy) is 4. The van der Waals surface area contributed by atoms with Crippen molar-refractivity contribution in [3.05, 3.63) is 47.5 Å². The summed E-state index contributed by atoms with van der Waals surface area (Å²) < 4.78 is 21.7. The van der Waals surface area contributed by atoms with Crippen molar-refractivity contribution in [2.24, 2.45) is 5.73 Å². The highest BCUT2D eigenvalue weighted by Gasteiger charge is 2.15. The summed E-state index contributed by atoms with van der Waals surface area (Å²) in [4.78, 5) is 0. The second-order valence-corrected chi connectivity index (χ2v) is 5.67. The number of rotatable bonds is 9. The van der Waals surface area contributed by atoms with Crippen molar-refractivity contribution in [1.82, 2.24) is 0 Å². The zero-order valence-corrected chi connectivity index (χ0v) is 15.4. The van der Waals surface area contributed by atoms with Crippen LogP contribution in [0.3, 0.4) is 0 Å². The van der Waals surface area contributed by atoms with E-state index in [2.05, 4.69) is 0 Å². The molecule has 0 bridgehead atoms. The van der Waals surface area contributed by atoms with Crippen LogP contribution >= 0.6 is 0 Å². The molecule has 0 aliphatic carbocycles. The van der Waals surface area contributed by atoms with Crippen LogP contribution in [0.1, 0.15) is 24.0 Å². The van der Waals surface area contributed by atoms with E-state index >= 15 is 0 Å². The van der Waals surface area contributed by atoms with Crippen molar-refractivity contribution in [2.75, 3.05) is 34.5 Å². The van der Waals surface area contributed by atoms with Crippen molar-refractivity contribution in [2.45, 2.75) is 19.3 Å². The smallest absolute Gasteiger partial charge is 0.161 e. The van der Waals surface area contributed by atoms with Gasteiger partial charge in [-0.1, -0.05) is 12.1 Å². The van der Waals surface area contributed by atoms with E-state index < -0.39 is 0 Å². The fourth-order valence-corrected chi connectivity index (χ4v) is 2.84. The van der Waals surface area contributed by atoms with Crippen LogP contribution in [0, 0.1) is 0 Å². The molecule has 1 unspecified atom stereocenters. The van der Waals surface area contributed by atoms with Gasteiger partial charge in [0, 0.05) is 5.92 Å². The van der Waals surface area contributed by atoms with E-state index in [0.717, 1.165) is 29.0 Å². The summed E-state index contributed by atoms with van der Waals surface area (Å²) in [6.07, 6.45) is 0.802. The Balaban J connectivity index is 2.26. The van der Waals surface area contributed by atoms with E-state index in [1.54, 1.807) is 21.3 Å². The molecule has 0 aliphatic heterocycles. The summed E-state index contributed by atoms with van der Waals surface area (Å²) in [6.45, 7) is 3.08. The lowest BCUT2D eigenvalue weighted by molar-refractivity contribution is 0.310. The van der Waals surface area contributed by atoms with E-state index in [1.807, 2.05) is 43.3 Å². The highest BCUT2D eigenvalue weighted by atomic mass is 16.5. The van der Waals surface area contributed by atoms with Crippen LogP contribution in [0.4, 0.5) is 0 Å². The van der Waals surface area contributed by atoms with Crippen LogP contribution in [-0.2, 0) is 6.42 Å². The van der Waals surface area contributed by atoms with Crippen LogP contribution in [0.15, 0.2) is 36.4 Å². The quantitative estimate of drug-likeness (QED) is 0.755. The number of methoxy groups -OCH3 is 3. The zero-order chi connectivity index (χ0) is 18.2. The van der Waals surface area contributed by atoms with E-state index in [0.29, 0.717) is 24.7 Å². The topological polar surface area (TPSA) is 62.9 Å². The maximum absolute atomic E-state index is 6.04. The average molecular weight is 345 g/mol. The van der Waals surface area contributed by atoms with Gasteiger partial charge in [-0.25, -0.2) is 0 Å². The first-order valence-electron chi connectivity index (χ1n) is 8.38. The summed E-state index contributed by atoms with van der Waals surface area (Å²) in [6, 6.07) is 11.9. The van der Waals surface area contributed by atoms with E-state index in [-0.39, 0.29) is 5.92 Å². The Hall–Kier alpha value is -2.40. The Morgan fingerprint density at radius 1 is 0.840 bits per heavy atom. The highest BCUT2D eigenvalue weighted by Crippen LogP contribution is 2.33. The van der Waals surface area contributed by atoms with Crippen molar-refractivity contribution >= 4 is 0 Å². The first-order valence-corrected chi connectivity index (χ1v) is 8.38. The molecule has 0 aromatic heterocycles. The minimum Gasteiger partial charge on any atom is -0.493 e. The van der Waals surface area contributed by atoms with Crippen LogP contribution in [0.25, 0.3) is 0 Å². The molecule has 136 valence electrons. The van der Waals surface area contributed by atoms with Crippen molar-refractivity contribution < 1.29 is 18.9 Å². The first kappa shape index (κ1) is 18.9. The maximum atomic E-state index is 6.04. The van der Waals surface area contributed by atoms with E-state index in [1.165, 1.54) is 0 Å². The molecule has 2 N–H and O–H groups in total. The van der Waals surface area contributed by atoms with Gasteiger partial charge in [-0.15, -0.1) is 0 Å². The van der Waals surface area contributed by atoms with Gasteiger partial charge in [-0.2, -0.15) is 0 Å². The average Bonchev–Trinajstić information content (AvgIpc) is 2.66.